The standard InChI is InChI=1S/C15H20FN3O/c1-5-12(17-4)13-18-14(19-20-13)15(2,3)10-6-8-11(16)9-7-10/h6-9,12,17H,5H2,1-4H3. The topological polar surface area (TPSA) is 51.0 Å². The molecule has 0 aliphatic carbocycles. The van der Waals surface area contributed by atoms with Gasteiger partial charge in [0.15, 0.2) is 5.82 Å². The van der Waals surface area contributed by atoms with Crippen LogP contribution >= 0.6 is 0 Å². The molecule has 0 spiro atoms. The molecule has 0 amide bonds. The van der Waals surface area contributed by atoms with Crippen LogP contribution in [0.5, 0.6) is 0 Å². The number of rotatable bonds is 5. The molecule has 108 valence electrons. The molecule has 1 unspecified atom stereocenters. The lowest BCUT2D eigenvalue weighted by atomic mass is 9.84. The van der Waals surface area contributed by atoms with Crippen molar-refractivity contribution < 1.29 is 8.91 Å². The van der Waals surface area contributed by atoms with Crippen molar-refractivity contribution in [3.63, 3.8) is 0 Å². The highest BCUT2D eigenvalue weighted by Gasteiger charge is 2.30. The number of halogens is 1. The van der Waals surface area contributed by atoms with Crippen LogP contribution < -0.4 is 5.32 Å². The Bertz CT molecular complexity index is 559. The molecule has 20 heavy (non-hydrogen) atoms. The molecule has 4 nitrogen and oxygen atoms in total. The molecule has 1 heterocycles. The fourth-order valence-corrected chi connectivity index (χ4v) is 2.13. The predicted octanol–water partition coefficient (Wildman–Crippen LogP) is 3.21. The van der Waals surface area contributed by atoms with Gasteiger partial charge in [0.25, 0.3) is 0 Å². The van der Waals surface area contributed by atoms with Gasteiger partial charge in [0.1, 0.15) is 5.82 Å². The number of nitrogens with zero attached hydrogens (tertiary/aromatic N) is 2. The summed E-state index contributed by atoms with van der Waals surface area (Å²) in [6.45, 7) is 6.04. The van der Waals surface area contributed by atoms with Crippen LogP contribution in [0.2, 0.25) is 0 Å². The lowest BCUT2D eigenvalue weighted by molar-refractivity contribution is 0.327. The largest absolute Gasteiger partial charge is 0.338 e. The molecule has 0 radical (unpaired) electrons. The fourth-order valence-electron chi connectivity index (χ4n) is 2.13. The molecule has 1 aromatic carbocycles. The van der Waals surface area contributed by atoms with E-state index in [0.717, 1.165) is 12.0 Å². The van der Waals surface area contributed by atoms with E-state index in [2.05, 4.69) is 22.4 Å². The van der Waals surface area contributed by atoms with Crippen LogP contribution in [0.15, 0.2) is 28.8 Å². The molecule has 0 fully saturated rings. The second-order valence-corrected chi connectivity index (χ2v) is 5.34. The second kappa shape index (κ2) is 5.71. The summed E-state index contributed by atoms with van der Waals surface area (Å²) >= 11 is 0. The van der Waals surface area contributed by atoms with Crippen molar-refractivity contribution in [1.82, 2.24) is 15.5 Å². The molecule has 5 heteroatoms. The summed E-state index contributed by atoms with van der Waals surface area (Å²) in [7, 11) is 1.86. The summed E-state index contributed by atoms with van der Waals surface area (Å²) in [6, 6.07) is 6.45. The summed E-state index contributed by atoms with van der Waals surface area (Å²) < 4.78 is 18.4. The molecule has 0 saturated heterocycles. The van der Waals surface area contributed by atoms with Gasteiger partial charge in [-0.1, -0.05) is 24.2 Å². The molecule has 0 aliphatic heterocycles. The van der Waals surface area contributed by atoms with Crippen molar-refractivity contribution in [1.29, 1.82) is 0 Å². The Hall–Kier alpha value is -1.75. The minimum Gasteiger partial charge on any atom is -0.338 e. The van der Waals surface area contributed by atoms with Crippen molar-refractivity contribution in [2.45, 2.75) is 38.6 Å². The van der Waals surface area contributed by atoms with E-state index in [4.69, 9.17) is 4.52 Å². The van der Waals surface area contributed by atoms with Crippen molar-refractivity contribution in [2.75, 3.05) is 7.05 Å². The van der Waals surface area contributed by atoms with Gasteiger partial charge in [0.05, 0.1) is 11.5 Å². The first-order valence-electron chi connectivity index (χ1n) is 6.76. The minimum absolute atomic E-state index is 0.0558. The number of hydrogen-bond donors (Lipinski definition) is 1. The highest BCUT2D eigenvalue weighted by molar-refractivity contribution is 5.30. The van der Waals surface area contributed by atoms with Gasteiger partial charge in [0, 0.05) is 0 Å². The Kier molecular flexibility index (Phi) is 4.18. The van der Waals surface area contributed by atoms with Crippen LogP contribution in [0.25, 0.3) is 0 Å². The van der Waals surface area contributed by atoms with E-state index in [-0.39, 0.29) is 11.9 Å². The molecular weight excluding hydrogens is 257 g/mol. The first-order valence-corrected chi connectivity index (χ1v) is 6.76. The normalized spacial score (nSPS) is 13.4. The molecule has 1 atom stereocenters. The summed E-state index contributed by atoms with van der Waals surface area (Å²) in [6.07, 6.45) is 0.870. The van der Waals surface area contributed by atoms with Gasteiger partial charge in [0.2, 0.25) is 5.89 Å². The van der Waals surface area contributed by atoms with Crippen molar-refractivity contribution in [3.8, 4) is 0 Å². The Balaban J connectivity index is 2.32. The smallest absolute Gasteiger partial charge is 0.243 e. The van der Waals surface area contributed by atoms with E-state index in [1.165, 1.54) is 12.1 Å². The number of nitrogens with one attached hydrogen (secondary N) is 1. The monoisotopic (exact) mass is 277 g/mol. The van der Waals surface area contributed by atoms with Crippen LogP contribution in [0, 0.1) is 5.82 Å². The Labute approximate surface area is 118 Å². The fraction of sp³-hybridized carbons (Fsp3) is 0.467. The number of hydrogen-bond acceptors (Lipinski definition) is 4. The Morgan fingerprint density at radius 3 is 2.50 bits per heavy atom. The zero-order valence-corrected chi connectivity index (χ0v) is 12.3. The summed E-state index contributed by atoms with van der Waals surface area (Å²) in [4.78, 5) is 4.49. The quantitative estimate of drug-likeness (QED) is 0.911. The molecule has 0 saturated carbocycles. The molecule has 1 aromatic heterocycles. The first-order chi connectivity index (χ1) is 9.48. The van der Waals surface area contributed by atoms with E-state index in [1.54, 1.807) is 12.1 Å². The summed E-state index contributed by atoms with van der Waals surface area (Å²) in [5.41, 5.74) is 0.519. The lowest BCUT2D eigenvalue weighted by Gasteiger charge is -2.20. The maximum atomic E-state index is 13.0. The van der Waals surface area contributed by atoms with Crippen molar-refractivity contribution in [3.05, 3.63) is 47.4 Å². The van der Waals surface area contributed by atoms with E-state index in [0.29, 0.717) is 11.7 Å². The highest BCUT2D eigenvalue weighted by atomic mass is 19.1. The van der Waals surface area contributed by atoms with Gasteiger partial charge in [-0.2, -0.15) is 4.98 Å². The van der Waals surface area contributed by atoms with E-state index >= 15 is 0 Å². The van der Waals surface area contributed by atoms with Gasteiger partial charge < -0.3 is 9.84 Å². The lowest BCUT2D eigenvalue weighted by Crippen LogP contribution is -2.21. The second-order valence-electron chi connectivity index (χ2n) is 5.34. The van der Waals surface area contributed by atoms with E-state index < -0.39 is 5.41 Å². The van der Waals surface area contributed by atoms with Crippen molar-refractivity contribution in [2.24, 2.45) is 0 Å². The van der Waals surface area contributed by atoms with E-state index in [9.17, 15) is 4.39 Å². The molecule has 0 aliphatic rings. The van der Waals surface area contributed by atoms with Crippen LogP contribution in [-0.2, 0) is 5.41 Å². The number of aromatic nitrogens is 2. The van der Waals surface area contributed by atoms with Crippen LogP contribution in [-0.4, -0.2) is 17.2 Å². The third kappa shape index (κ3) is 2.72. The van der Waals surface area contributed by atoms with E-state index in [1.807, 2.05) is 20.9 Å². The zero-order valence-electron chi connectivity index (χ0n) is 12.3. The molecule has 2 aromatic rings. The highest BCUT2D eigenvalue weighted by Crippen LogP contribution is 2.30. The summed E-state index contributed by atoms with van der Waals surface area (Å²) in [5.74, 6) is 0.938. The molecule has 0 bridgehead atoms. The van der Waals surface area contributed by atoms with Crippen LogP contribution in [0.1, 0.15) is 50.5 Å². The molecule has 2 rings (SSSR count). The minimum atomic E-state index is -0.429. The van der Waals surface area contributed by atoms with Crippen LogP contribution in [0.3, 0.4) is 0 Å². The predicted molar refractivity (Wildman–Crippen MR) is 74.9 cm³/mol. The third-order valence-corrected chi connectivity index (χ3v) is 3.62. The zero-order chi connectivity index (χ0) is 14.8. The maximum absolute atomic E-state index is 13.0. The van der Waals surface area contributed by atoms with Gasteiger partial charge in [-0.3, -0.25) is 0 Å². The van der Waals surface area contributed by atoms with Gasteiger partial charge >= 0.3 is 0 Å². The summed E-state index contributed by atoms with van der Waals surface area (Å²) in [5, 5.41) is 7.22. The average molecular weight is 277 g/mol. The Morgan fingerprint density at radius 1 is 1.30 bits per heavy atom. The SMILES string of the molecule is CCC(NC)c1nc(C(C)(C)c2ccc(F)cc2)no1. The molecule has 1 N–H and O–H groups in total. The average Bonchev–Trinajstić information content (AvgIpc) is 2.91. The van der Waals surface area contributed by atoms with Crippen LogP contribution in [0.4, 0.5) is 4.39 Å². The Morgan fingerprint density at radius 2 is 1.95 bits per heavy atom. The molecular formula is C15H20FN3O. The van der Waals surface area contributed by atoms with Crippen molar-refractivity contribution >= 4 is 0 Å². The third-order valence-electron chi connectivity index (χ3n) is 3.62. The number of benzene rings is 1. The maximum Gasteiger partial charge on any atom is 0.243 e. The van der Waals surface area contributed by atoms with Gasteiger partial charge in [-0.15, -0.1) is 0 Å². The first kappa shape index (κ1) is 14.7. The van der Waals surface area contributed by atoms with Gasteiger partial charge in [-0.05, 0) is 45.0 Å². The van der Waals surface area contributed by atoms with Gasteiger partial charge in [-0.25, -0.2) is 4.39 Å².